The van der Waals surface area contributed by atoms with Crippen molar-refractivity contribution < 1.29 is 5.11 Å². The van der Waals surface area contributed by atoms with E-state index >= 15 is 0 Å². The molecule has 20 heavy (non-hydrogen) atoms. The highest BCUT2D eigenvalue weighted by Gasteiger charge is 2.50. The first-order chi connectivity index (χ1) is 9.45. The largest absolute Gasteiger partial charge is 0.384 e. The lowest BCUT2D eigenvalue weighted by Gasteiger charge is -2.45. The predicted octanol–water partition coefficient (Wildman–Crippen LogP) is 4.77. The van der Waals surface area contributed by atoms with E-state index in [9.17, 15) is 10.4 Å². The van der Waals surface area contributed by atoms with Gasteiger partial charge in [0.1, 0.15) is 5.60 Å². The average Bonchev–Trinajstić information content (AvgIpc) is 2.47. The zero-order valence-corrected chi connectivity index (χ0v) is 13.8. The van der Waals surface area contributed by atoms with Gasteiger partial charge in [0.25, 0.3) is 0 Å². The second kappa shape index (κ2) is 5.87. The van der Waals surface area contributed by atoms with Gasteiger partial charge in [0, 0.05) is 4.47 Å². The summed E-state index contributed by atoms with van der Waals surface area (Å²) >= 11 is 3.41. The van der Waals surface area contributed by atoms with E-state index in [1.807, 2.05) is 24.3 Å². The SMILES string of the molecule is CCC1CCCC(C#N)(C(C)(O)c2ccc(Br)cc2)C1. The molecule has 1 aromatic rings. The summed E-state index contributed by atoms with van der Waals surface area (Å²) in [6.07, 6.45) is 4.86. The van der Waals surface area contributed by atoms with Gasteiger partial charge < -0.3 is 5.11 Å². The van der Waals surface area contributed by atoms with E-state index in [1.54, 1.807) is 6.92 Å². The molecule has 0 aliphatic heterocycles. The van der Waals surface area contributed by atoms with Crippen LogP contribution in [0.4, 0.5) is 0 Å². The zero-order valence-electron chi connectivity index (χ0n) is 12.2. The fourth-order valence-electron chi connectivity index (χ4n) is 3.44. The van der Waals surface area contributed by atoms with Crippen molar-refractivity contribution in [1.29, 1.82) is 5.26 Å². The van der Waals surface area contributed by atoms with Gasteiger partial charge in [-0.05, 0) is 43.4 Å². The van der Waals surface area contributed by atoms with Crippen LogP contribution >= 0.6 is 15.9 Å². The second-order valence-electron chi connectivity index (χ2n) is 6.14. The van der Waals surface area contributed by atoms with Gasteiger partial charge in [-0.15, -0.1) is 0 Å². The van der Waals surface area contributed by atoms with E-state index < -0.39 is 11.0 Å². The zero-order chi connectivity index (χ0) is 14.8. The molecule has 0 heterocycles. The number of aliphatic hydroxyl groups is 1. The highest BCUT2D eigenvalue weighted by atomic mass is 79.9. The highest BCUT2D eigenvalue weighted by Crippen LogP contribution is 2.51. The molecule has 2 rings (SSSR count). The molecule has 0 spiro atoms. The topological polar surface area (TPSA) is 44.0 Å². The third-order valence-corrected chi connectivity index (χ3v) is 5.51. The van der Waals surface area contributed by atoms with Crippen molar-refractivity contribution in [3.05, 3.63) is 34.3 Å². The average molecular weight is 336 g/mol. The minimum Gasteiger partial charge on any atom is -0.384 e. The molecule has 1 aromatic carbocycles. The fraction of sp³-hybridized carbons (Fsp3) is 0.588. The molecular formula is C17H22BrNO. The number of halogens is 1. The lowest BCUT2D eigenvalue weighted by atomic mass is 9.59. The Morgan fingerprint density at radius 1 is 1.45 bits per heavy atom. The molecule has 0 saturated heterocycles. The van der Waals surface area contributed by atoms with E-state index in [4.69, 9.17) is 0 Å². The Balaban J connectivity index is 2.38. The van der Waals surface area contributed by atoms with Gasteiger partial charge in [-0.25, -0.2) is 0 Å². The number of rotatable bonds is 3. The molecule has 0 amide bonds. The molecule has 3 unspecified atom stereocenters. The van der Waals surface area contributed by atoms with Crippen molar-refractivity contribution in [2.45, 2.75) is 51.6 Å². The van der Waals surface area contributed by atoms with Crippen LogP contribution in [0.2, 0.25) is 0 Å². The molecule has 2 nitrogen and oxygen atoms in total. The lowest BCUT2D eigenvalue weighted by Crippen LogP contribution is -2.45. The van der Waals surface area contributed by atoms with Gasteiger partial charge in [-0.2, -0.15) is 5.26 Å². The van der Waals surface area contributed by atoms with Crippen LogP contribution < -0.4 is 0 Å². The Hall–Kier alpha value is -0.850. The Kier molecular flexibility index (Phi) is 4.56. The first-order valence-corrected chi connectivity index (χ1v) is 8.14. The Morgan fingerprint density at radius 2 is 2.10 bits per heavy atom. The Labute approximate surface area is 129 Å². The van der Waals surface area contributed by atoms with Crippen LogP contribution in [0.25, 0.3) is 0 Å². The van der Waals surface area contributed by atoms with E-state index in [2.05, 4.69) is 28.9 Å². The minimum atomic E-state index is -1.10. The van der Waals surface area contributed by atoms with Crippen molar-refractivity contribution in [3.63, 3.8) is 0 Å². The van der Waals surface area contributed by atoms with Gasteiger partial charge in [-0.1, -0.05) is 54.2 Å². The first kappa shape index (κ1) is 15.5. The number of hydrogen-bond acceptors (Lipinski definition) is 2. The predicted molar refractivity (Wildman–Crippen MR) is 84.0 cm³/mol. The second-order valence-corrected chi connectivity index (χ2v) is 7.06. The van der Waals surface area contributed by atoms with Crippen LogP contribution in [-0.2, 0) is 5.60 Å². The summed E-state index contributed by atoms with van der Waals surface area (Å²) in [7, 11) is 0. The van der Waals surface area contributed by atoms with Gasteiger partial charge in [0.15, 0.2) is 0 Å². The summed E-state index contributed by atoms with van der Waals surface area (Å²) in [4.78, 5) is 0. The highest BCUT2D eigenvalue weighted by molar-refractivity contribution is 9.10. The van der Waals surface area contributed by atoms with Crippen LogP contribution in [0.15, 0.2) is 28.7 Å². The maximum atomic E-state index is 11.1. The first-order valence-electron chi connectivity index (χ1n) is 7.35. The van der Waals surface area contributed by atoms with Gasteiger partial charge in [-0.3, -0.25) is 0 Å². The summed E-state index contributed by atoms with van der Waals surface area (Å²) in [5, 5.41) is 20.9. The monoisotopic (exact) mass is 335 g/mol. The molecule has 1 fully saturated rings. The normalized spacial score (nSPS) is 29.4. The molecule has 1 aliphatic carbocycles. The quantitative estimate of drug-likeness (QED) is 0.864. The van der Waals surface area contributed by atoms with E-state index in [0.29, 0.717) is 5.92 Å². The molecule has 108 valence electrons. The van der Waals surface area contributed by atoms with E-state index in [-0.39, 0.29) is 0 Å². The molecule has 0 bridgehead atoms. The van der Waals surface area contributed by atoms with Crippen molar-refractivity contribution >= 4 is 15.9 Å². The molecule has 0 radical (unpaired) electrons. The van der Waals surface area contributed by atoms with Crippen LogP contribution in [0.5, 0.6) is 0 Å². The molecule has 1 saturated carbocycles. The molecule has 3 heteroatoms. The maximum Gasteiger partial charge on any atom is 0.105 e. The summed E-state index contributed by atoms with van der Waals surface area (Å²) in [5.41, 5.74) is -0.935. The standard InChI is InChI=1S/C17H22BrNO/c1-3-13-5-4-10-17(11-13,12-19)16(2,20)14-6-8-15(18)9-7-14/h6-9,13,20H,3-5,10-11H2,1-2H3. The van der Waals surface area contributed by atoms with Crippen molar-refractivity contribution in [1.82, 2.24) is 0 Å². The van der Waals surface area contributed by atoms with E-state index in [1.165, 1.54) is 6.42 Å². The van der Waals surface area contributed by atoms with Crippen molar-refractivity contribution in [3.8, 4) is 6.07 Å². The molecule has 0 aromatic heterocycles. The molecule has 1 N–H and O–H groups in total. The fourth-order valence-corrected chi connectivity index (χ4v) is 3.71. The third kappa shape index (κ3) is 2.64. The summed E-state index contributed by atoms with van der Waals surface area (Å²) < 4.78 is 0.984. The van der Waals surface area contributed by atoms with E-state index in [0.717, 1.165) is 35.7 Å². The van der Waals surface area contributed by atoms with Gasteiger partial charge >= 0.3 is 0 Å². The third-order valence-electron chi connectivity index (χ3n) is 4.98. The maximum absolute atomic E-state index is 11.1. The Bertz CT molecular complexity index is 503. The smallest absolute Gasteiger partial charge is 0.105 e. The van der Waals surface area contributed by atoms with Crippen LogP contribution in [0, 0.1) is 22.7 Å². The summed E-state index contributed by atoms with van der Waals surface area (Å²) in [5.74, 6) is 0.547. The minimum absolute atomic E-state index is 0.547. The van der Waals surface area contributed by atoms with Crippen LogP contribution in [0.3, 0.4) is 0 Å². The number of benzene rings is 1. The van der Waals surface area contributed by atoms with Gasteiger partial charge in [0.2, 0.25) is 0 Å². The molecular weight excluding hydrogens is 314 g/mol. The number of nitriles is 1. The van der Waals surface area contributed by atoms with Gasteiger partial charge in [0.05, 0.1) is 11.5 Å². The molecule has 3 atom stereocenters. The summed E-state index contributed by atoms with van der Waals surface area (Å²) in [6.45, 7) is 3.98. The Morgan fingerprint density at radius 3 is 2.65 bits per heavy atom. The van der Waals surface area contributed by atoms with Crippen LogP contribution in [-0.4, -0.2) is 5.11 Å². The summed E-state index contributed by atoms with van der Waals surface area (Å²) in [6, 6.07) is 10.2. The van der Waals surface area contributed by atoms with Crippen molar-refractivity contribution in [2.75, 3.05) is 0 Å². The number of hydrogen-bond donors (Lipinski definition) is 1. The van der Waals surface area contributed by atoms with Crippen LogP contribution in [0.1, 0.15) is 51.5 Å². The molecule has 1 aliphatic rings. The number of nitrogens with zero attached hydrogens (tertiary/aromatic N) is 1. The lowest BCUT2D eigenvalue weighted by molar-refractivity contribution is -0.0738. The van der Waals surface area contributed by atoms with Crippen molar-refractivity contribution in [2.24, 2.45) is 11.3 Å².